The van der Waals surface area contributed by atoms with Gasteiger partial charge in [0.15, 0.2) is 5.76 Å². The molecule has 0 spiro atoms. The predicted molar refractivity (Wildman–Crippen MR) is 86.3 cm³/mol. The molecule has 0 radical (unpaired) electrons. The van der Waals surface area contributed by atoms with Crippen molar-refractivity contribution in [2.75, 3.05) is 7.11 Å². The van der Waals surface area contributed by atoms with Gasteiger partial charge < -0.3 is 19.0 Å². The van der Waals surface area contributed by atoms with Gasteiger partial charge in [0.1, 0.15) is 12.4 Å². The van der Waals surface area contributed by atoms with E-state index in [1.807, 2.05) is 24.3 Å². The molecule has 24 heavy (non-hydrogen) atoms. The van der Waals surface area contributed by atoms with E-state index in [4.69, 9.17) is 9.15 Å². The minimum absolute atomic E-state index is 0.0211. The Morgan fingerprint density at radius 2 is 2.08 bits per heavy atom. The first-order chi connectivity index (χ1) is 11.6. The smallest absolute Gasteiger partial charge is 0.325 e. The van der Waals surface area contributed by atoms with E-state index in [1.54, 1.807) is 23.6 Å². The van der Waals surface area contributed by atoms with Crippen molar-refractivity contribution < 1.29 is 18.7 Å². The second-order valence-electron chi connectivity index (χ2n) is 5.29. The van der Waals surface area contributed by atoms with E-state index in [0.29, 0.717) is 5.82 Å². The fourth-order valence-corrected chi connectivity index (χ4v) is 2.52. The second kappa shape index (κ2) is 6.57. The van der Waals surface area contributed by atoms with E-state index in [0.717, 1.165) is 11.0 Å². The molecule has 7 nitrogen and oxygen atoms in total. The third-order valence-corrected chi connectivity index (χ3v) is 3.68. The highest BCUT2D eigenvalue weighted by Gasteiger charge is 2.21. The molecule has 2 heterocycles. The van der Waals surface area contributed by atoms with E-state index in [1.165, 1.54) is 13.4 Å². The first-order valence-corrected chi connectivity index (χ1v) is 7.46. The average Bonchev–Trinajstić information content (AvgIpc) is 3.23. The lowest BCUT2D eigenvalue weighted by Gasteiger charge is -2.15. The molecule has 0 saturated heterocycles. The fourth-order valence-electron chi connectivity index (χ4n) is 2.52. The van der Waals surface area contributed by atoms with Crippen molar-refractivity contribution in [3.8, 4) is 0 Å². The molecule has 0 aliphatic heterocycles. The Labute approximate surface area is 138 Å². The number of ether oxygens (including phenoxy) is 1. The number of fused-ring (bicyclic) bond motifs is 1. The van der Waals surface area contributed by atoms with Gasteiger partial charge in [-0.1, -0.05) is 12.1 Å². The Bertz CT molecular complexity index is 867. The summed E-state index contributed by atoms with van der Waals surface area (Å²) >= 11 is 0. The van der Waals surface area contributed by atoms with Gasteiger partial charge in [-0.3, -0.25) is 9.59 Å². The Kier molecular flexibility index (Phi) is 4.33. The number of benzene rings is 1. The summed E-state index contributed by atoms with van der Waals surface area (Å²) in [5.41, 5.74) is 1.55. The highest BCUT2D eigenvalue weighted by molar-refractivity contribution is 5.91. The van der Waals surface area contributed by atoms with Gasteiger partial charge in [0.2, 0.25) is 0 Å². The molecular weight excluding hydrogens is 310 g/mol. The number of rotatable bonds is 5. The summed E-state index contributed by atoms with van der Waals surface area (Å²) in [6.07, 6.45) is 1.44. The van der Waals surface area contributed by atoms with Gasteiger partial charge in [-0.25, -0.2) is 4.98 Å². The molecule has 0 bridgehead atoms. The number of amides is 1. The lowest BCUT2D eigenvalue weighted by atomic mass is 10.3. The summed E-state index contributed by atoms with van der Waals surface area (Å²) in [5, 5.41) is 2.82. The van der Waals surface area contributed by atoms with E-state index < -0.39 is 6.04 Å². The van der Waals surface area contributed by atoms with Crippen molar-refractivity contribution in [2.24, 2.45) is 0 Å². The topological polar surface area (TPSA) is 86.4 Å². The van der Waals surface area contributed by atoms with Gasteiger partial charge in [0.05, 0.1) is 30.4 Å². The first-order valence-electron chi connectivity index (χ1n) is 7.46. The number of nitrogens with zero attached hydrogens (tertiary/aromatic N) is 2. The van der Waals surface area contributed by atoms with Crippen LogP contribution in [-0.4, -0.2) is 28.5 Å². The number of hydrogen-bond donors (Lipinski definition) is 1. The predicted octanol–water partition coefficient (Wildman–Crippen LogP) is 2.29. The largest absolute Gasteiger partial charge is 0.468 e. The lowest BCUT2D eigenvalue weighted by molar-refractivity contribution is -0.141. The number of esters is 1. The second-order valence-corrected chi connectivity index (χ2v) is 5.29. The van der Waals surface area contributed by atoms with Crippen molar-refractivity contribution in [1.82, 2.24) is 14.9 Å². The average molecular weight is 327 g/mol. The van der Waals surface area contributed by atoms with Crippen LogP contribution >= 0.6 is 0 Å². The number of imidazole rings is 1. The highest BCUT2D eigenvalue weighted by Crippen LogP contribution is 2.21. The van der Waals surface area contributed by atoms with Crippen LogP contribution in [0.2, 0.25) is 0 Å². The van der Waals surface area contributed by atoms with Crippen molar-refractivity contribution in [1.29, 1.82) is 0 Å². The van der Waals surface area contributed by atoms with Crippen LogP contribution in [0, 0.1) is 0 Å². The Morgan fingerprint density at radius 3 is 2.79 bits per heavy atom. The number of furan rings is 1. The number of carbonyl (C=O) groups excluding carboxylic acids is 2. The monoisotopic (exact) mass is 327 g/mol. The van der Waals surface area contributed by atoms with Crippen LogP contribution in [0.25, 0.3) is 11.0 Å². The molecule has 0 aliphatic rings. The zero-order valence-corrected chi connectivity index (χ0v) is 13.4. The van der Waals surface area contributed by atoms with Gasteiger partial charge in [-0.2, -0.15) is 0 Å². The molecule has 0 saturated carbocycles. The molecule has 1 amide bonds. The zero-order valence-electron chi connectivity index (χ0n) is 13.4. The molecule has 0 aliphatic carbocycles. The first kappa shape index (κ1) is 15.8. The molecule has 3 rings (SSSR count). The van der Waals surface area contributed by atoms with Gasteiger partial charge >= 0.3 is 5.97 Å². The standard InChI is InChI=1S/C17H17N3O4/c1-11(18-17(22)14-8-5-9-24-14)16-19-12-6-3-4-7-13(12)20(16)10-15(21)23-2/h3-9,11H,10H2,1-2H3,(H,18,22). The minimum Gasteiger partial charge on any atom is -0.468 e. The Morgan fingerprint density at radius 1 is 1.29 bits per heavy atom. The van der Waals surface area contributed by atoms with Crippen LogP contribution < -0.4 is 5.32 Å². The van der Waals surface area contributed by atoms with Crippen molar-refractivity contribution in [2.45, 2.75) is 19.5 Å². The quantitative estimate of drug-likeness (QED) is 0.727. The SMILES string of the molecule is COC(=O)Cn1c(C(C)NC(=O)c2ccco2)nc2ccccc21. The molecule has 7 heteroatoms. The molecule has 1 atom stereocenters. The summed E-state index contributed by atoms with van der Waals surface area (Å²) in [4.78, 5) is 28.4. The molecule has 1 aromatic carbocycles. The summed E-state index contributed by atoms with van der Waals surface area (Å²) in [7, 11) is 1.34. The van der Waals surface area contributed by atoms with Crippen molar-refractivity contribution >= 4 is 22.9 Å². The zero-order chi connectivity index (χ0) is 17.1. The number of carbonyl (C=O) groups is 2. The van der Waals surface area contributed by atoms with E-state index in [9.17, 15) is 9.59 Å². The number of nitrogens with one attached hydrogen (secondary N) is 1. The molecule has 1 unspecified atom stereocenters. The number of methoxy groups -OCH3 is 1. The lowest BCUT2D eigenvalue weighted by Crippen LogP contribution is -2.29. The third kappa shape index (κ3) is 3.01. The maximum Gasteiger partial charge on any atom is 0.325 e. The summed E-state index contributed by atoms with van der Waals surface area (Å²) in [6.45, 7) is 1.82. The van der Waals surface area contributed by atoms with E-state index >= 15 is 0 Å². The summed E-state index contributed by atoms with van der Waals surface area (Å²) in [6, 6.07) is 10.3. The molecular formula is C17H17N3O4. The van der Waals surface area contributed by atoms with Crippen LogP contribution in [0.15, 0.2) is 47.1 Å². The summed E-state index contributed by atoms with van der Waals surface area (Å²) < 4.78 is 11.6. The van der Waals surface area contributed by atoms with Crippen LogP contribution in [-0.2, 0) is 16.1 Å². The number of aromatic nitrogens is 2. The van der Waals surface area contributed by atoms with Gasteiger partial charge in [-0.05, 0) is 31.2 Å². The number of hydrogen-bond acceptors (Lipinski definition) is 5. The molecule has 3 aromatic rings. The van der Waals surface area contributed by atoms with Crippen LogP contribution in [0.1, 0.15) is 29.3 Å². The normalized spacial score (nSPS) is 12.1. The molecule has 0 fully saturated rings. The minimum atomic E-state index is -0.417. The molecule has 2 aromatic heterocycles. The number of para-hydroxylation sites is 2. The fraction of sp³-hybridized carbons (Fsp3) is 0.235. The maximum absolute atomic E-state index is 12.2. The van der Waals surface area contributed by atoms with Crippen LogP contribution in [0.3, 0.4) is 0 Å². The van der Waals surface area contributed by atoms with Crippen LogP contribution in [0.5, 0.6) is 0 Å². The van der Waals surface area contributed by atoms with Gasteiger partial charge in [0, 0.05) is 0 Å². The van der Waals surface area contributed by atoms with Crippen molar-refractivity contribution in [3.63, 3.8) is 0 Å². The molecule has 1 N–H and O–H groups in total. The maximum atomic E-state index is 12.2. The van der Waals surface area contributed by atoms with Crippen LogP contribution in [0.4, 0.5) is 0 Å². The van der Waals surface area contributed by atoms with Gasteiger partial charge in [-0.15, -0.1) is 0 Å². The molecule has 124 valence electrons. The van der Waals surface area contributed by atoms with E-state index in [2.05, 4.69) is 10.3 Å². The van der Waals surface area contributed by atoms with Crippen molar-refractivity contribution in [3.05, 3.63) is 54.2 Å². The Hall–Kier alpha value is -3.09. The van der Waals surface area contributed by atoms with Gasteiger partial charge in [0.25, 0.3) is 5.91 Å². The Balaban J connectivity index is 1.93. The van der Waals surface area contributed by atoms with E-state index in [-0.39, 0.29) is 24.2 Å². The third-order valence-electron chi connectivity index (χ3n) is 3.68. The summed E-state index contributed by atoms with van der Waals surface area (Å²) in [5.74, 6) is 0.0622. The highest BCUT2D eigenvalue weighted by atomic mass is 16.5.